The number of methoxy groups -OCH3 is 1. The average molecular weight is 458 g/mol. The summed E-state index contributed by atoms with van der Waals surface area (Å²) in [4.78, 5) is 39.6. The summed E-state index contributed by atoms with van der Waals surface area (Å²) < 4.78 is 17.5. The van der Waals surface area contributed by atoms with Crippen LogP contribution in [-0.2, 0) is 40.3 Å². The largest absolute Gasteiger partial charge is 0.444 e. The van der Waals surface area contributed by atoms with Gasteiger partial charge in [0.15, 0.2) is 0 Å². The highest BCUT2D eigenvalue weighted by Gasteiger charge is 2.28. The number of nitrogens with one attached hydrogen (secondary N) is 1. The molecule has 2 heterocycles. The molecule has 0 radical (unpaired) electrons. The molecule has 1 N–H and O–H groups in total. The first-order valence-corrected chi connectivity index (χ1v) is 10.9. The zero-order valence-electron chi connectivity index (χ0n) is 19.6. The highest BCUT2D eigenvalue weighted by molar-refractivity contribution is 5.84. The van der Waals surface area contributed by atoms with Gasteiger partial charge in [-0.05, 0) is 38.0 Å². The van der Waals surface area contributed by atoms with Crippen molar-refractivity contribution in [3.63, 3.8) is 0 Å². The van der Waals surface area contributed by atoms with Crippen molar-refractivity contribution in [3.8, 4) is 0 Å². The number of hydrogen-bond donors (Lipinski definition) is 1. The van der Waals surface area contributed by atoms with Crippen molar-refractivity contribution in [2.45, 2.75) is 52.5 Å². The van der Waals surface area contributed by atoms with Gasteiger partial charge in [0.25, 0.3) is 5.56 Å². The molecule has 2 amide bonds. The molecular weight excluding hydrogens is 426 g/mol. The van der Waals surface area contributed by atoms with Gasteiger partial charge in [0.2, 0.25) is 0 Å². The lowest BCUT2D eigenvalue weighted by molar-refractivity contribution is 0.0220. The molecule has 3 rings (SSSR count). The van der Waals surface area contributed by atoms with Gasteiger partial charge in [0.05, 0.1) is 13.2 Å². The summed E-state index contributed by atoms with van der Waals surface area (Å²) in [6.07, 6.45) is -0.653. The van der Waals surface area contributed by atoms with Gasteiger partial charge in [-0.15, -0.1) is 0 Å². The van der Waals surface area contributed by atoms with Crippen LogP contribution in [0.15, 0.2) is 41.2 Å². The second-order valence-electron chi connectivity index (χ2n) is 8.82. The van der Waals surface area contributed by atoms with Crippen molar-refractivity contribution >= 4 is 17.9 Å². The number of aromatic nitrogens is 1. The molecule has 0 saturated heterocycles. The number of hydrogen-bond acceptors (Lipinski definition) is 6. The zero-order chi connectivity index (χ0) is 24.0. The van der Waals surface area contributed by atoms with Gasteiger partial charge in [0, 0.05) is 32.3 Å². The van der Waals surface area contributed by atoms with Crippen molar-refractivity contribution in [1.82, 2.24) is 9.47 Å². The van der Waals surface area contributed by atoms with E-state index in [4.69, 9.17) is 14.2 Å². The molecule has 1 aromatic heterocycles. The average Bonchev–Trinajstić information content (AvgIpc) is 2.77. The summed E-state index contributed by atoms with van der Waals surface area (Å²) in [5, 5.41) is 2.56. The Labute approximate surface area is 193 Å². The molecule has 1 aliphatic rings. The number of nitrogens with zero attached hydrogens (tertiary/aromatic N) is 2. The van der Waals surface area contributed by atoms with E-state index in [1.54, 1.807) is 22.6 Å². The van der Waals surface area contributed by atoms with Gasteiger partial charge in [-0.3, -0.25) is 10.1 Å². The molecule has 178 valence electrons. The summed E-state index contributed by atoms with van der Waals surface area (Å²) in [7, 11) is 1.56. The Morgan fingerprint density at radius 2 is 1.88 bits per heavy atom. The van der Waals surface area contributed by atoms with Crippen LogP contribution in [0.2, 0.25) is 0 Å². The van der Waals surface area contributed by atoms with E-state index in [0.29, 0.717) is 26.1 Å². The van der Waals surface area contributed by atoms with Crippen LogP contribution in [0.1, 0.15) is 37.6 Å². The number of carbonyl (C=O) groups excluding carboxylic acids is 2. The standard InChI is InChI=1S/C24H31N3O6/c1-24(2,3)33-23(30)26-11-10-20-18(15-26)14-19(21(28)27(20)12-13-31-4)25-22(29)32-16-17-8-6-5-7-9-17/h5-9,14H,10-13,15-16H2,1-4H3,(H,25,29). The lowest BCUT2D eigenvalue weighted by Crippen LogP contribution is -2.42. The molecule has 33 heavy (non-hydrogen) atoms. The SMILES string of the molecule is COCCn1c2c(cc(NC(=O)OCc3ccccc3)c1=O)CN(C(=O)OC(C)(C)C)CC2. The molecule has 0 atom stereocenters. The van der Waals surface area contributed by atoms with Crippen LogP contribution in [-0.4, -0.2) is 47.5 Å². The van der Waals surface area contributed by atoms with E-state index in [1.165, 1.54) is 0 Å². The Balaban J connectivity index is 1.81. The smallest absolute Gasteiger partial charge is 0.412 e. The molecule has 1 aliphatic heterocycles. The number of pyridine rings is 1. The Hall–Kier alpha value is -3.33. The first kappa shape index (κ1) is 24.3. The maximum absolute atomic E-state index is 13.1. The fraction of sp³-hybridized carbons (Fsp3) is 0.458. The van der Waals surface area contributed by atoms with E-state index < -0.39 is 17.8 Å². The molecule has 2 aromatic rings. The second kappa shape index (κ2) is 10.5. The first-order chi connectivity index (χ1) is 15.7. The fourth-order valence-electron chi connectivity index (χ4n) is 3.58. The van der Waals surface area contributed by atoms with E-state index >= 15 is 0 Å². The van der Waals surface area contributed by atoms with Gasteiger partial charge >= 0.3 is 12.2 Å². The molecule has 9 heteroatoms. The van der Waals surface area contributed by atoms with Crippen LogP contribution in [0.5, 0.6) is 0 Å². The molecule has 0 fully saturated rings. The van der Waals surface area contributed by atoms with E-state index in [-0.39, 0.29) is 24.4 Å². The monoisotopic (exact) mass is 457 g/mol. The van der Waals surface area contributed by atoms with Crippen LogP contribution in [0.25, 0.3) is 0 Å². The second-order valence-corrected chi connectivity index (χ2v) is 8.82. The minimum Gasteiger partial charge on any atom is -0.444 e. The number of rotatable bonds is 6. The maximum Gasteiger partial charge on any atom is 0.412 e. The van der Waals surface area contributed by atoms with Crippen molar-refractivity contribution < 1.29 is 23.8 Å². The third-order valence-corrected chi connectivity index (χ3v) is 5.09. The lowest BCUT2D eigenvalue weighted by atomic mass is 10.0. The van der Waals surface area contributed by atoms with E-state index in [9.17, 15) is 14.4 Å². The predicted octanol–water partition coefficient (Wildman–Crippen LogP) is 3.54. The minimum atomic E-state index is -0.728. The van der Waals surface area contributed by atoms with E-state index in [2.05, 4.69) is 5.32 Å². The lowest BCUT2D eigenvalue weighted by Gasteiger charge is -2.32. The quantitative estimate of drug-likeness (QED) is 0.712. The molecule has 0 spiro atoms. The maximum atomic E-state index is 13.1. The molecule has 0 aliphatic carbocycles. The number of benzene rings is 1. The molecule has 0 bridgehead atoms. The third-order valence-electron chi connectivity index (χ3n) is 5.09. The predicted molar refractivity (Wildman–Crippen MR) is 123 cm³/mol. The molecular formula is C24H31N3O6. The van der Waals surface area contributed by atoms with Crippen molar-refractivity contribution in [3.05, 3.63) is 63.6 Å². The summed E-state index contributed by atoms with van der Waals surface area (Å²) in [5.74, 6) is 0. The Bertz CT molecular complexity index is 1040. The third kappa shape index (κ3) is 6.58. The van der Waals surface area contributed by atoms with Crippen molar-refractivity contribution in [1.29, 1.82) is 0 Å². The number of carbonyl (C=O) groups is 2. The van der Waals surface area contributed by atoms with E-state index in [0.717, 1.165) is 16.8 Å². The zero-order valence-corrected chi connectivity index (χ0v) is 19.6. The number of anilines is 1. The van der Waals surface area contributed by atoms with Crippen LogP contribution >= 0.6 is 0 Å². The summed E-state index contributed by atoms with van der Waals surface area (Å²) in [6.45, 7) is 6.90. The molecule has 0 saturated carbocycles. The van der Waals surface area contributed by atoms with Crippen LogP contribution in [0.3, 0.4) is 0 Å². The molecule has 1 aromatic carbocycles. The fourth-order valence-corrected chi connectivity index (χ4v) is 3.58. The number of fused-ring (bicyclic) bond motifs is 1. The highest BCUT2D eigenvalue weighted by atomic mass is 16.6. The Morgan fingerprint density at radius 1 is 1.15 bits per heavy atom. The van der Waals surface area contributed by atoms with Crippen molar-refractivity contribution in [2.24, 2.45) is 0 Å². The van der Waals surface area contributed by atoms with Crippen molar-refractivity contribution in [2.75, 3.05) is 25.6 Å². The van der Waals surface area contributed by atoms with Gasteiger partial charge in [0.1, 0.15) is 17.9 Å². The van der Waals surface area contributed by atoms with Crippen LogP contribution < -0.4 is 10.9 Å². The van der Waals surface area contributed by atoms with Crippen LogP contribution in [0.4, 0.5) is 15.3 Å². The molecule has 9 nitrogen and oxygen atoms in total. The van der Waals surface area contributed by atoms with Gasteiger partial charge < -0.3 is 23.7 Å². The first-order valence-electron chi connectivity index (χ1n) is 10.9. The van der Waals surface area contributed by atoms with Gasteiger partial charge in [-0.2, -0.15) is 0 Å². The van der Waals surface area contributed by atoms with Crippen LogP contribution in [0, 0.1) is 0 Å². The number of amides is 2. The van der Waals surface area contributed by atoms with Gasteiger partial charge in [-0.25, -0.2) is 9.59 Å². The minimum absolute atomic E-state index is 0.0852. The Kier molecular flexibility index (Phi) is 7.75. The normalized spacial score (nSPS) is 13.3. The summed E-state index contributed by atoms with van der Waals surface area (Å²) in [5.41, 5.74) is 1.57. The van der Waals surface area contributed by atoms with Gasteiger partial charge in [-0.1, -0.05) is 30.3 Å². The molecule has 0 unspecified atom stereocenters. The van der Waals surface area contributed by atoms with E-state index in [1.807, 2.05) is 51.1 Å². The number of ether oxygens (including phenoxy) is 3. The summed E-state index contributed by atoms with van der Waals surface area (Å²) in [6, 6.07) is 10.9. The summed E-state index contributed by atoms with van der Waals surface area (Å²) >= 11 is 0. The topological polar surface area (TPSA) is 99.1 Å². The highest BCUT2D eigenvalue weighted by Crippen LogP contribution is 2.22. The Morgan fingerprint density at radius 3 is 2.55 bits per heavy atom.